The van der Waals surface area contributed by atoms with Crippen molar-refractivity contribution in [3.63, 3.8) is 0 Å². The Kier molecular flexibility index (Phi) is 5.90. The van der Waals surface area contributed by atoms with Crippen LogP contribution in [0.4, 0.5) is 5.69 Å². The molecule has 2 N–H and O–H groups in total. The molecule has 1 heterocycles. The first kappa shape index (κ1) is 20.9. The van der Waals surface area contributed by atoms with Crippen LogP contribution >= 0.6 is 12.2 Å². The number of para-hydroxylation sites is 1. The minimum atomic E-state index is -0.267. The normalized spacial score (nSPS) is 17.0. The molecule has 4 rings (SSSR count). The van der Waals surface area contributed by atoms with Crippen molar-refractivity contribution >= 4 is 40.9 Å². The SMILES string of the molecule is COc1cc(/C=C2/NC(=S)N(C3CC3)C2=O)ccc1OCC(=O)Nc1ccccc1C. The number of amides is 2. The first-order valence-electron chi connectivity index (χ1n) is 9.99. The molecule has 1 saturated carbocycles. The summed E-state index contributed by atoms with van der Waals surface area (Å²) < 4.78 is 11.1. The number of nitrogens with one attached hydrogen (secondary N) is 2. The first-order valence-corrected chi connectivity index (χ1v) is 10.4. The third kappa shape index (κ3) is 4.69. The van der Waals surface area contributed by atoms with Crippen LogP contribution in [0, 0.1) is 6.92 Å². The van der Waals surface area contributed by atoms with Gasteiger partial charge >= 0.3 is 0 Å². The van der Waals surface area contributed by atoms with E-state index in [4.69, 9.17) is 21.7 Å². The van der Waals surface area contributed by atoms with E-state index in [1.54, 1.807) is 29.2 Å². The Labute approximate surface area is 186 Å². The summed E-state index contributed by atoms with van der Waals surface area (Å²) in [7, 11) is 1.52. The second-order valence-electron chi connectivity index (χ2n) is 7.46. The van der Waals surface area contributed by atoms with E-state index in [1.807, 2.05) is 31.2 Å². The van der Waals surface area contributed by atoms with E-state index < -0.39 is 0 Å². The Morgan fingerprint density at radius 1 is 1.26 bits per heavy atom. The zero-order chi connectivity index (χ0) is 22.0. The Balaban J connectivity index is 1.42. The number of rotatable bonds is 7. The molecule has 0 aromatic heterocycles. The number of hydrogen-bond donors (Lipinski definition) is 2. The predicted molar refractivity (Wildman–Crippen MR) is 122 cm³/mol. The predicted octanol–water partition coefficient (Wildman–Crippen LogP) is 3.24. The van der Waals surface area contributed by atoms with Gasteiger partial charge in [-0.05, 0) is 67.4 Å². The summed E-state index contributed by atoms with van der Waals surface area (Å²) in [6.07, 6.45) is 3.70. The van der Waals surface area contributed by atoms with Gasteiger partial charge in [-0.2, -0.15) is 0 Å². The molecule has 8 heteroatoms. The number of anilines is 1. The number of carbonyl (C=O) groups excluding carboxylic acids is 2. The van der Waals surface area contributed by atoms with Gasteiger partial charge in [0.2, 0.25) is 0 Å². The van der Waals surface area contributed by atoms with Crippen LogP contribution in [-0.2, 0) is 9.59 Å². The van der Waals surface area contributed by atoms with E-state index in [2.05, 4.69) is 10.6 Å². The van der Waals surface area contributed by atoms with E-state index in [0.717, 1.165) is 29.7 Å². The molecule has 1 aliphatic carbocycles. The number of ether oxygens (including phenoxy) is 2. The lowest BCUT2D eigenvalue weighted by Gasteiger charge is -2.12. The maximum atomic E-state index is 12.6. The topological polar surface area (TPSA) is 79.9 Å². The molecule has 0 bridgehead atoms. The number of carbonyl (C=O) groups is 2. The van der Waals surface area contributed by atoms with Crippen LogP contribution in [-0.4, -0.2) is 41.6 Å². The van der Waals surface area contributed by atoms with Crippen molar-refractivity contribution in [2.45, 2.75) is 25.8 Å². The van der Waals surface area contributed by atoms with Gasteiger partial charge in [-0.1, -0.05) is 24.3 Å². The molecule has 2 aromatic rings. The van der Waals surface area contributed by atoms with E-state index >= 15 is 0 Å². The standard InChI is InChI=1S/C23H23N3O4S/c1-14-5-3-4-6-17(14)24-21(27)13-30-19-10-7-15(12-20(19)29-2)11-18-22(28)26(16-8-9-16)23(31)25-18/h3-7,10-12,16H,8-9,13H2,1-2H3,(H,24,27)(H,25,31)/b18-11+. The summed E-state index contributed by atoms with van der Waals surface area (Å²) in [5, 5.41) is 6.26. The second-order valence-corrected chi connectivity index (χ2v) is 7.84. The van der Waals surface area contributed by atoms with Crippen LogP contribution in [0.2, 0.25) is 0 Å². The van der Waals surface area contributed by atoms with Crippen molar-refractivity contribution in [2.24, 2.45) is 0 Å². The maximum absolute atomic E-state index is 12.6. The highest BCUT2D eigenvalue weighted by Crippen LogP contribution is 2.32. The fraction of sp³-hybridized carbons (Fsp3) is 0.261. The molecule has 2 amide bonds. The van der Waals surface area contributed by atoms with Crippen molar-refractivity contribution < 1.29 is 19.1 Å². The molecular weight excluding hydrogens is 414 g/mol. The van der Waals surface area contributed by atoms with Gasteiger partial charge < -0.3 is 20.1 Å². The van der Waals surface area contributed by atoms with Gasteiger partial charge in [-0.15, -0.1) is 0 Å². The van der Waals surface area contributed by atoms with Crippen molar-refractivity contribution in [3.05, 3.63) is 59.3 Å². The number of aryl methyl sites for hydroxylation is 1. The van der Waals surface area contributed by atoms with Gasteiger partial charge in [0.25, 0.3) is 11.8 Å². The zero-order valence-electron chi connectivity index (χ0n) is 17.3. The van der Waals surface area contributed by atoms with Crippen LogP contribution in [0.3, 0.4) is 0 Å². The molecule has 1 aliphatic heterocycles. The molecule has 1 saturated heterocycles. The molecule has 0 radical (unpaired) electrons. The Morgan fingerprint density at radius 3 is 2.74 bits per heavy atom. The molecule has 2 aromatic carbocycles. The van der Waals surface area contributed by atoms with Crippen molar-refractivity contribution in [2.75, 3.05) is 19.0 Å². The highest BCUT2D eigenvalue weighted by Gasteiger charge is 2.41. The number of hydrogen-bond acceptors (Lipinski definition) is 5. The average molecular weight is 438 g/mol. The lowest BCUT2D eigenvalue weighted by Crippen LogP contribution is -2.32. The van der Waals surface area contributed by atoms with Gasteiger partial charge in [0.15, 0.2) is 23.2 Å². The molecule has 7 nitrogen and oxygen atoms in total. The minimum Gasteiger partial charge on any atom is -0.493 e. The summed E-state index contributed by atoms with van der Waals surface area (Å²) in [6.45, 7) is 1.77. The van der Waals surface area contributed by atoms with Crippen LogP contribution in [0.15, 0.2) is 48.2 Å². The molecular formula is C23H23N3O4S. The monoisotopic (exact) mass is 437 g/mol. The smallest absolute Gasteiger partial charge is 0.276 e. The minimum absolute atomic E-state index is 0.111. The molecule has 0 unspecified atom stereocenters. The summed E-state index contributed by atoms with van der Waals surface area (Å²) in [5.74, 6) is 0.521. The Hall–Kier alpha value is -3.39. The summed E-state index contributed by atoms with van der Waals surface area (Å²) in [5.41, 5.74) is 2.91. The van der Waals surface area contributed by atoms with Crippen LogP contribution in [0.25, 0.3) is 6.08 Å². The van der Waals surface area contributed by atoms with E-state index in [-0.39, 0.29) is 24.5 Å². The van der Waals surface area contributed by atoms with Gasteiger partial charge in [0, 0.05) is 11.7 Å². The van der Waals surface area contributed by atoms with Gasteiger partial charge in [-0.3, -0.25) is 14.5 Å². The van der Waals surface area contributed by atoms with Crippen molar-refractivity contribution in [1.29, 1.82) is 0 Å². The number of benzene rings is 2. The summed E-state index contributed by atoms with van der Waals surface area (Å²) in [6, 6.07) is 13.0. The Morgan fingerprint density at radius 2 is 2.03 bits per heavy atom. The molecule has 0 atom stereocenters. The number of methoxy groups -OCH3 is 1. The quantitative estimate of drug-likeness (QED) is 0.511. The molecule has 160 valence electrons. The highest BCUT2D eigenvalue weighted by molar-refractivity contribution is 7.80. The summed E-state index contributed by atoms with van der Waals surface area (Å²) >= 11 is 5.28. The fourth-order valence-corrected chi connectivity index (χ4v) is 3.66. The zero-order valence-corrected chi connectivity index (χ0v) is 18.1. The average Bonchev–Trinajstić information content (AvgIpc) is 3.54. The fourth-order valence-electron chi connectivity index (χ4n) is 3.32. The Bertz CT molecular complexity index is 1080. The molecule has 2 fully saturated rings. The van der Waals surface area contributed by atoms with Gasteiger partial charge in [0.1, 0.15) is 5.70 Å². The van der Waals surface area contributed by atoms with Crippen LogP contribution < -0.4 is 20.1 Å². The van der Waals surface area contributed by atoms with Gasteiger partial charge in [-0.25, -0.2) is 0 Å². The number of thiocarbonyl (C=S) groups is 1. The molecule has 0 spiro atoms. The summed E-state index contributed by atoms with van der Waals surface area (Å²) in [4.78, 5) is 26.5. The van der Waals surface area contributed by atoms with E-state index in [9.17, 15) is 9.59 Å². The van der Waals surface area contributed by atoms with E-state index in [0.29, 0.717) is 22.3 Å². The largest absolute Gasteiger partial charge is 0.493 e. The van der Waals surface area contributed by atoms with Gasteiger partial charge in [0.05, 0.1) is 7.11 Å². The first-order chi connectivity index (χ1) is 15.0. The maximum Gasteiger partial charge on any atom is 0.276 e. The second kappa shape index (κ2) is 8.77. The highest BCUT2D eigenvalue weighted by atomic mass is 32.1. The van der Waals surface area contributed by atoms with E-state index in [1.165, 1.54) is 7.11 Å². The lowest BCUT2D eigenvalue weighted by atomic mass is 10.1. The van der Waals surface area contributed by atoms with Crippen LogP contribution in [0.5, 0.6) is 11.5 Å². The van der Waals surface area contributed by atoms with Crippen molar-refractivity contribution in [3.8, 4) is 11.5 Å². The lowest BCUT2D eigenvalue weighted by molar-refractivity contribution is -0.122. The molecule has 31 heavy (non-hydrogen) atoms. The third-order valence-electron chi connectivity index (χ3n) is 5.10. The van der Waals surface area contributed by atoms with Crippen molar-refractivity contribution in [1.82, 2.24) is 10.2 Å². The number of nitrogens with zero attached hydrogens (tertiary/aromatic N) is 1. The molecule has 2 aliphatic rings. The van der Waals surface area contributed by atoms with Crippen LogP contribution in [0.1, 0.15) is 24.0 Å². The third-order valence-corrected chi connectivity index (χ3v) is 5.40.